The van der Waals surface area contributed by atoms with Crippen molar-refractivity contribution in [1.82, 2.24) is 5.32 Å². The zero-order chi connectivity index (χ0) is 13.9. The van der Waals surface area contributed by atoms with Crippen LogP contribution < -0.4 is 10.6 Å². The van der Waals surface area contributed by atoms with Crippen molar-refractivity contribution >= 4 is 11.6 Å². The van der Waals surface area contributed by atoms with E-state index >= 15 is 0 Å². The van der Waals surface area contributed by atoms with E-state index in [2.05, 4.69) is 10.6 Å². The van der Waals surface area contributed by atoms with E-state index in [1.54, 1.807) is 0 Å². The van der Waals surface area contributed by atoms with Crippen molar-refractivity contribution in [2.45, 2.75) is 31.5 Å². The molecule has 1 aromatic rings. The van der Waals surface area contributed by atoms with Crippen LogP contribution in [0.25, 0.3) is 0 Å². The lowest BCUT2D eigenvalue weighted by molar-refractivity contribution is -0.137. The molecule has 1 heterocycles. The van der Waals surface area contributed by atoms with Gasteiger partial charge in [0, 0.05) is 5.69 Å². The molecule has 0 saturated carbocycles. The highest BCUT2D eigenvalue weighted by atomic mass is 19.4. The molecular weight excluding hydrogens is 257 g/mol. The maximum atomic E-state index is 12.5. The first-order valence-electron chi connectivity index (χ1n) is 6.18. The first-order valence-corrected chi connectivity index (χ1v) is 6.18. The van der Waals surface area contributed by atoms with Gasteiger partial charge in [-0.1, -0.05) is 12.5 Å². The molecule has 6 heteroatoms. The van der Waals surface area contributed by atoms with E-state index in [0.29, 0.717) is 6.42 Å². The first-order chi connectivity index (χ1) is 8.97. The van der Waals surface area contributed by atoms with Gasteiger partial charge in [0.25, 0.3) is 0 Å². The Morgan fingerprint density at radius 3 is 2.74 bits per heavy atom. The van der Waals surface area contributed by atoms with Gasteiger partial charge in [-0.25, -0.2) is 0 Å². The lowest BCUT2D eigenvalue weighted by Gasteiger charge is -2.22. The predicted molar refractivity (Wildman–Crippen MR) is 65.7 cm³/mol. The Bertz CT molecular complexity index is 453. The molecule has 3 nitrogen and oxygen atoms in total. The van der Waals surface area contributed by atoms with Gasteiger partial charge in [0.2, 0.25) is 5.91 Å². The fourth-order valence-corrected chi connectivity index (χ4v) is 2.08. The summed E-state index contributed by atoms with van der Waals surface area (Å²) in [5.74, 6) is -0.279. The fourth-order valence-electron chi connectivity index (χ4n) is 2.08. The van der Waals surface area contributed by atoms with Gasteiger partial charge in [-0.3, -0.25) is 4.79 Å². The van der Waals surface area contributed by atoms with Crippen molar-refractivity contribution in [2.75, 3.05) is 11.9 Å². The van der Waals surface area contributed by atoms with Crippen LogP contribution in [0.15, 0.2) is 24.3 Å². The minimum absolute atomic E-state index is 0.173. The number of carbonyl (C=O) groups excluding carboxylic acids is 1. The number of nitrogens with one attached hydrogen (secondary N) is 2. The maximum absolute atomic E-state index is 12.5. The number of alkyl halides is 3. The molecule has 0 aromatic heterocycles. The van der Waals surface area contributed by atoms with E-state index in [-0.39, 0.29) is 17.6 Å². The molecule has 1 saturated heterocycles. The molecule has 104 valence electrons. The second-order valence-corrected chi connectivity index (χ2v) is 4.57. The average molecular weight is 272 g/mol. The van der Waals surface area contributed by atoms with Crippen LogP contribution in [0, 0.1) is 0 Å². The normalized spacial score (nSPS) is 20.1. The number of rotatable bonds is 2. The SMILES string of the molecule is O=C(Nc1cccc(C(F)(F)F)c1)[C@H]1CCCCN1. The van der Waals surface area contributed by atoms with E-state index in [0.717, 1.165) is 31.5 Å². The molecule has 1 aliphatic heterocycles. The summed E-state index contributed by atoms with van der Waals surface area (Å²) in [4.78, 5) is 11.9. The number of hydrogen-bond acceptors (Lipinski definition) is 2. The fraction of sp³-hybridized carbons (Fsp3) is 0.462. The van der Waals surface area contributed by atoms with Crippen molar-refractivity contribution in [2.24, 2.45) is 0 Å². The first kappa shape index (κ1) is 13.9. The summed E-state index contributed by atoms with van der Waals surface area (Å²) in [6, 6.07) is 4.35. The van der Waals surface area contributed by atoms with E-state index in [9.17, 15) is 18.0 Å². The van der Waals surface area contributed by atoms with Crippen LogP contribution >= 0.6 is 0 Å². The Balaban J connectivity index is 2.04. The second-order valence-electron chi connectivity index (χ2n) is 4.57. The van der Waals surface area contributed by atoms with E-state index in [4.69, 9.17) is 0 Å². The molecule has 2 N–H and O–H groups in total. The third-order valence-corrected chi connectivity index (χ3v) is 3.08. The van der Waals surface area contributed by atoms with E-state index < -0.39 is 11.7 Å². The highest BCUT2D eigenvalue weighted by Crippen LogP contribution is 2.30. The van der Waals surface area contributed by atoms with Gasteiger partial charge in [-0.05, 0) is 37.6 Å². The molecule has 0 aliphatic carbocycles. The Hall–Kier alpha value is -1.56. The Morgan fingerprint density at radius 2 is 2.11 bits per heavy atom. The highest BCUT2D eigenvalue weighted by molar-refractivity contribution is 5.94. The quantitative estimate of drug-likeness (QED) is 0.869. The Labute approximate surface area is 109 Å². The van der Waals surface area contributed by atoms with E-state index in [1.807, 2.05) is 0 Å². The molecule has 0 spiro atoms. The topological polar surface area (TPSA) is 41.1 Å². The summed E-state index contributed by atoms with van der Waals surface area (Å²) in [6.07, 6.45) is -1.71. The van der Waals surface area contributed by atoms with Crippen LogP contribution in [0.3, 0.4) is 0 Å². The maximum Gasteiger partial charge on any atom is 0.416 e. The van der Waals surface area contributed by atoms with Crippen LogP contribution in [-0.4, -0.2) is 18.5 Å². The molecular formula is C13H15F3N2O. The van der Waals surface area contributed by atoms with Crippen molar-refractivity contribution in [3.8, 4) is 0 Å². The minimum atomic E-state index is -4.40. The summed E-state index contributed by atoms with van der Waals surface area (Å²) in [5, 5.41) is 5.57. The van der Waals surface area contributed by atoms with Gasteiger partial charge in [0.1, 0.15) is 0 Å². The lowest BCUT2D eigenvalue weighted by atomic mass is 10.0. The molecule has 1 atom stereocenters. The van der Waals surface area contributed by atoms with Crippen LogP contribution in [-0.2, 0) is 11.0 Å². The summed E-state index contributed by atoms with van der Waals surface area (Å²) < 4.78 is 37.6. The minimum Gasteiger partial charge on any atom is -0.325 e. The predicted octanol–water partition coefficient (Wildman–Crippen LogP) is 2.79. The largest absolute Gasteiger partial charge is 0.416 e. The van der Waals surface area contributed by atoms with Crippen LogP contribution in [0.2, 0.25) is 0 Å². The average Bonchev–Trinajstić information content (AvgIpc) is 2.39. The van der Waals surface area contributed by atoms with Crippen LogP contribution in [0.5, 0.6) is 0 Å². The number of halogens is 3. The molecule has 1 amide bonds. The lowest BCUT2D eigenvalue weighted by Crippen LogP contribution is -2.43. The van der Waals surface area contributed by atoms with Crippen molar-refractivity contribution in [1.29, 1.82) is 0 Å². The standard InChI is InChI=1S/C13H15F3N2O/c14-13(15,16)9-4-3-5-10(8-9)18-12(19)11-6-1-2-7-17-11/h3-5,8,11,17H,1-2,6-7H2,(H,18,19)/t11-/m1/s1. The number of amides is 1. The summed E-state index contributed by atoms with van der Waals surface area (Å²) >= 11 is 0. The third kappa shape index (κ3) is 3.70. The zero-order valence-corrected chi connectivity index (χ0v) is 10.3. The molecule has 19 heavy (non-hydrogen) atoms. The summed E-state index contributed by atoms with van der Waals surface area (Å²) in [7, 11) is 0. The number of hydrogen-bond donors (Lipinski definition) is 2. The third-order valence-electron chi connectivity index (χ3n) is 3.08. The van der Waals surface area contributed by atoms with Gasteiger partial charge >= 0.3 is 6.18 Å². The summed E-state index contributed by atoms with van der Waals surface area (Å²) in [5.41, 5.74) is -0.589. The number of piperidine rings is 1. The molecule has 0 radical (unpaired) electrons. The van der Waals surface area contributed by atoms with Crippen molar-refractivity contribution in [3.05, 3.63) is 29.8 Å². The molecule has 0 bridgehead atoms. The smallest absolute Gasteiger partial charge is 0.325 e. The van der Waals surface area contributed by atoms with Crippen molar-refractivity contribution in [3.63, 3.8) is 0 Å². The number of carbonyl (C=O) groups is 1. The Morgan fingerprint density at radius 1 is 1.32 bits per heavy atom. The molecule has 1 aliphatic rings. The highest BCUT2D eigenvalue weighted by Gasteiger charge is 2.30. The number of benzene rings is 1. The number of anilines is 1. The van der Waals surface area contributed by atoms with Crippen molar-refractivity contribution < 1.29 is 18.0 Å². The van der Waals surface area contributed by atoms with Gasteiger partial charge in [-0.15, -0.1) is 0 Å². The Kier molecular flexibility index (Phi) is 4.09. The van der Waals surface area contributed by atoms with Crippen LogP contribution in [0.4, 0.5) is 18.9 Å². The van der Waals surface area contributed by atoms with Gasteiger partial charge in [0.05, 0.1) is 11.6 Å². The van der Waals surface area contributed by atoms with E-state index in [1.165, 1.54) is 12.1 Å². The van der Waals surface area contributed by atoms with Crippen LogP contribution in [0.1, 0.15) is 24.8 Å². The van der Waals surface area contributed by atoms with Gasteiger partial charge < -0.3 is 10.6 Å². The summed E-state index contributed by atoms with van der Waals surface area (Å²) in [6.45, 7) is 0.765. The molecule has 1 aromatic carbocycles. The molecule has 0 unspecified atom stereocenters. The molecule has 2 rings (SSSR count). The zero-order valence-electron chi connectivity index (χ0n) is 10.3. The van der Waals surface area contributed by atoms with Gasteiger partial charge in [-0.2, -0.15) is 13.2 Å². The van der Waals surface area contributed by atoms with Gasteiger partial charge in [0.15, 0.2) is 0 Å². The second kappa shape index (κ2) is 5.61. The molecule has 1 fully saturated rings. The monoisotopic (exact) mass is 272 g/mol.